The molecule has 0 amide bonds. The van der Waals surface area contributed by atoms with Gasteiger partial charge in [0.05, 0.1) is 0 Å². The van der Waals surface area contributed by atoms with Gasteiger partial charge in [0, 0.05) is 5.41 Å². The molecule has 1 aliphatic carbocycles. The van der Waals surface area contributed by atoms with Crippen molar-refractivity contribution < 1.29 is 0 Å². The summed E-state index contributed by atoms with van der Waals surface area (Å²) in [4.78, 5) is 0. The number of hydrogen-bond acceptors (Lipinski definition) is 0. The minimum atomic E-state index is -0.0723. The maximum absolute atomic E-state index is 2.44. The minimum absolute atomic E-state index is 0.0723. The second-order valence-electron chi connectivity index (χ2n) is 15.8. The monoisotopic (exact) mass is 726 g/mol. The second kappa shape index (κ2) is 14.2. The third kappa shape index (κ3) is 6.50. The Morgan fingerprint density at radius 3 is 0.982 bits per heavy atom. The summed E-state index contributed by atoms with van der Waals surface area (Å²) in [6.07, 6.45) is 0. The molecule has 0 fully saturated rings. The highest BCUT2D eigenvalue weighted by Gasteiger charge is 2.35. The maximum atomic E-state index is 2.44. The van der Waals surface area contributed by atoms with Gasteiger partial charge in [-0.1, -0.05) is 196 Å². The SMILES string of the molecule is CC1(C)c2ccccc2-c2ccc(-c3cc(-c4cccc(-c5ccc(-c6ccccc6)cc5)c4)cc(-c4cccc(-c5ccc(-c6ccccc6)cc5)c4)c3)cc21. The predicted molar refractivity (Wildman–Crippen MR) is 242 cm³/mol. The Morgan fingerprint density at radius 2 is 0.509 bits per heavy atom. The maximum Gasteiger partial charge on any atom is 0.0159 e. The molecule has 0 atom stereocenters. The molecule has 0 spiro atoms. The van der Waals surface area contributed by atoms with Crippen molar-refractivity contribution >= 4 is 0 Å². The fourth-order valence-corrected chi connectivity index (χ4v) is 8.74. The summed E-state index contributed by atoms with van der Waals surface area (Å²) in [6, 6.07) is 80.1. The van der Waals surface area contributed by atoms with E-state index in [2.05, 4.69) is 232 Å². The Kier molecular flexibility index (Phi) is 8.61. The summed E-state index contributed by atoms with van der Waals surface area (Å²) >= 11 is 0. The van der Waals surface area contributed by atoms with E-state index in [0.717, 1.165) is 0 Å². The van der Waals surface area contributed by atoms with Crippen molar-refractivity contribution in [1.29, 1.82) is 0 Å². The smallest absolute Gasteiger partial charge is 0.0159 e. The van der Waals surface area contributed by atoms with Gasteiger partial charge in [-0.3, -0.25) is 0 Å². The van der Waals surface area contributed by atoms with Crippen LogP contribution in [0, 0.1) is 0 Å². The van der Waals surface area contributed by atoms with Crippen molar-refractivity contribution in [2.24, 2.45) is 0 Å². The molecule has 9 aromatic carbocycles. The molecule has 0 saturated heterocycles. The van der Waals surface area contributed by atoms with E-state index in [0.29, 0.717) is 0 Å². The lowest BCUT2D eigenvalue weighted by Gasteiger charge is -2.22. The van der Waals surface area contributed by atoms with Crippen LogP contribution in [0.4, 0.5) is 0 Å². The first-order valence-electron chi connectivity index (χ1n) is 19.9. The average Bonchev–Trinajstić information content (AvgIpc) is 3.52. The number of fused-ring (bicyclic) bond motifs is 3. The third-order valence-electron chi connectivity index (χ3n) is 11.9. The fourth-order valence-electron chi connectivity index (χ4n) is 8.74. The van der Waals surface area contributed by atoms with Gasteiger partial charge < -0.3 is 0 Å². The molecule has 0 bridgehead atoms. The third-order valence-corrected chi connectivity index (χ3v) is 11.9. The van der Waals surface area contributed by atoms with Gasteiger partial charge in [-0.05, 0) is 137 Å². The van der Waals surface area contributed by atoms with Crippen molar-refractivity contribution in [3.8, 4) is 89.0 Å². The van der Waals surface area contributed by atoms with Crippen molar-refractivity contribution in [2.75, 3.05) is 0 Å². The van der Waals surface area contributed by atoms with Crippen molar-refractivity contribution in [1.82, 2.24) is 0 Å². The molecule has 0 saturated carbocycles. The van der Waals surface area contributed by atoms with Crippen molar-refractivity contribution in [3.05, 3.63) is 230 Å². The van der Waals surface area contributed by atoms with Crippen LogP contribution in [0.1, 0.15) is 25.0 Å². The van der Waals surface area contributed by atoms with E-state index in [9.17, 15) is 0 Å². The van der Waals surface area contributed by atoms with Crippen LogP contribution in [-0.2, 0) is 5.41 Å². The van der Waals surface area contributed by atoms with E-state index in [1.165, 1.54) is 100 Å². The zero-order valence-electron chi connectivity index (χ0n) is 32.3. The van der Waals surface area contributed by atoms with Crippen LogP contribution in [0.3, 0.4) is 0 Å². The lowest BCUT2D eigenvalue weighted by atomic mass is 9.81. The van der Waals surface area contributed by atoms with Crippen LogP contribution >= 0.6 is 0 Å². The molecular formula is C57H42. The number of hydrogen-bond donors (Lipinski definition) is 0. The molecule has 57 heavy (non-hydrogen) atoms. The standard InChI is InChI=1S/C57H42/c1-57(2)55-22-10-9-21-53(55)54-32-31-49(38-56(54)57)52-36-50(47-19-11-17-45(33-47)43-27-23-41(24-28-43)39-13-5-3-6-14-39)35-51(37-52)48-20-12-18-46(34-48)44-29-25-42(26-30-44)40-15-7-4-8-16-40/h3-38H,1-2H3. The molecule has 0 unspecified atom stereocenters. The predicted octanol–water partition coefficient (Wildman–Crippen LogP) is 15.7. The highest BCUT2D eigenvalue weighted by atomic mass is 14.4. The summed E-state index contributed by atoms with van der Waals surface area (Å²) < 4.78 is 0. The summed E-state index contributed by atoms with van der Waals surface area (Å²) in [5, 5.41) is 0. The lowest BCUT2D eigenvalue weighted by molar-refractivity contribution is 0.660. The number of benzene rings is 9. The van der Waals surface area contributed by atoms with Crippen LogP contribution in [0.15, 0.2) is 218 Å². The van der Waals surface area contributed by atoms with Gasteiger partial charge >= 0.3 is 0 Å². The summed E-state index contributed by atoms with van der Waals surface area (Å²) in [5.41, 5.74) is 22.4. The molecule has 0 N–H and O–H groups in total. The fraction of sp³-hybridized carbons (Fsp3) is 0.0526. The molecule has 0 radical (unpaired) electrons. The molecular weight excluding hydrogens is 685 g/mol. The van der Waals surface area contributed by atoms with Gasteiger partial charge in [0.1, 0.15) is 0 Å². The zero-order valence-corrected chi connectivity index (χ0v) is 32.3. The number of rotatable bonds is 7. The summed E-state index contributed by atoms with van der Waals surface area (Å²) in [7, 11) is 0. The molecule has 270 valence electrons. The van der Waals surface area contributed by atoms with Crippen LogP contribution in [0.25, 0.3) is 89.0 Å². The molecule has 0 heterocycles. The van der Waals surface area contributed by atoms with Crippen LogP contribution in [0.5, 0.6) is 0 Å². The minimum Gasteiger partial charge on any atom is -0.0622 e. The highest BCUT2D eigenvalue weighted by Crippen LogP contribution is 2.50. The van der Waals surface area contributed by atoms with Crippen LogP contribution < -0.4 is 0 Å². The molecule has 10 rings (SSSR count). The molecule has 0 heteroatoms. The van der Waals surface area contributed by atoms with E-state index in [1.54, 1.807) is 0 Å². The normalized spacial score (nSPS) is 12.5. The van der Waals surface area contributed by atoms with Crippen LogP contribution in [-0.4, -0.2) is 0 Å². The Labute approximate surface area is 336 Å². The second-order valence-corrected chi connectivity index (χ2v) is 15.8. The first-order valence-corrected chi connectivity index (χ1v) is 19.9. The molecule has 9 aromatic rings. The van der Waals surface area contributed by atoms with E-state index in [4.69, 9.17) is 0 Å². The van der Waals surface area contributed by atoms with Gasteiger partial charge in [-0.25, -0.2) is 0 Å². The van der Waals surface area contributed by atoms with Crippen molar-refractivity contribution in [3.63, 3.8) is 0 Å². The van der Waals surface area contributed by atoms with E-state index in [1.807, 2.05) is 0 Å². The van der Waals surface area contributed by atoms with Gasteiger partial charge in [-0.15, -0.1) is 0 Å². The molecule has 0 aromatic heterocycles. The van der Waals surface area contributed by atoms with Crippen LogP contribution in [0.2, 0.25) is 0 Å². The molecule has 0 nitrogen and oxygen atoms in total. The Bertz CT molecular complexity index is 2730. The topological polar surface area (TPSA) is 0 Å². The first-order chi connectivity index (χ1) is 28.0. The van der Waals surface area contributed by atoms with Gasteiger partial charge in [0.25, 0.3) is 0 Å². The van der Waals surface area contributed by atoms with E-state index in [-0.39, 0.29) is 5.41 Å². The zero-order chi connectivity index (χ0) is 38.3. The molecule has 0 aliphatic heterocycles. The Hall–Kier alpha value is -7.02. The van der Waals surface area contributed by atoms with Gasteiger partial charge in [0.2, 0.25) is 0 Å². The lowest BCUT2D eigenvalue weighted by Crippen LogP contribution is -2.14. The Balaban J connectivity index is 1.06. The molecule has 1 aliphatic rings. The van der Waals surface area contributed by atoms with Gasteiger partial charge in [-0.2, -0.15) is 0 Å². The quantitative estimate of drug-likeness (QED) is 0.153. The largest absolute Gasteiger partial charge is 0.0622 e. The average molecular weight is 727 g/mol. The van der Waals surface area contributed by atoms with Crippen molar-refractivity contribution in [2.45, 2.75) is 19.3 Å². The van der Waals surface area contributed by atoms with E-state index < -0.39 is 0 Å². The summed E-state index contributed by atoms with van der Waals surface area (Å²) in [6.45, 7) is 4.72. The highest BCUT2D eigenvalue weighted by molar-refractivity contribution is 5.88. The summed E-state index contributed by atoms with van der Waals surface area (Å²) in [5.74, 6) is 0. The Morgan fingerprint density at radius 1 is 0.211 bits per heavy atom. The first kappa shape index (κ1) is 34.5. The van der Waals surface area contributed by atoms with Gasteiger partial charge in [0.15, 0.2) is 0 Å². The van der Waals surface area contributed by atoms with E-state index >= 15 is 0 Å².